The molecule has 2 aromatic carbocycles. The van der Waals surface area contributed by atoms with E-state index in [0.717, 1.165) is 35.1 Å². The highest BCUT2D eigenvalue weighted by atomic mass is 79.9. The van der Waals surface area contributed by atoms with Crippen LogP contribution in [0.25, 0.3) is 11.1 Å². The molecule has 0 fully saturated rings. The predicted molar refractivity (Wildman–Crippen MR) is 126 cm³/mol. The van der Waals surface area contributed by atoms with Crippen molar-refractivity contribution in [3.05, 3.63) is 34.9 Å². The fraction of sp³-hybridized carbons (Fsp3) is 0.458. The number of alkyl halides is 1. The number of aromatic carboxylic acids is 1. The molecule has 1 aliphatic carbocycles. The number of carboxylic acid groups (broad SMARTS) is 1. The predicted octanol–water partition coefficient (Wildman–Crippen LogP) is 5.75. The summed E-state index contributed by atoms with van der Waals surface area (Å²) in [6.45, 7) is 7.92. The summed E-state index contributed by atoms with van der Waals surface area (Å²) < 4.78 is 22.3. The van der Waals surface area contributed by atoms with Crippen molar-refractivity contribution in [2.24, 2.45) is 0 Å². The van der Waals surface area contributed by atoms with Crippen LogP contribution in [-0.4, -0.2) is 43.3 Å². The maximum atomic E-state index is 11.8. The molecule has 0 amide bonds. The monoisotopic (exact) mass is 494 g/mol. The van der Waals surface area contributed by atoms with Gasteiger partial charge in [0.05, 0.1) is 27.4 Å². The molecule has 2 aromatic rings. The van der Waals surface area contributed by atoms with Crippen molar-refractivity contribution in [1.29, 1.82) is 0 Å². The first-order chi connectivity index (χ1) is 14.6. The normalized spacial score (nSPS) is 11.8. The van der Waals surface area contributed by atoms with Crippen LogP contribution in [0, 0.1) is 0 Å². The summed E-state index contributed by atoms with van der Waals surface area (Å²) in [5.41, 5.74) is 3.91. The van der Waals surface area contributed by atoms with Crippen molar-refractivity contribution in [3.63, 3.8) is 0 Å². The first-order valence-corrected chi connectivity index (χ1v) is 11.1. The lowest BCUT2D eigenvalue weighted by Gasteiger charge is -2.26. The molecule has 0 unspecified atom stereocenters. The zero-order chi connectivity index (χ0) is 23.3. The molecule has 1 N–H and O–H groups in total. The van der Waals surface area contributed by atoms with E-state index in [0.29, 0.717) is 27.8 Å². The molecule has 0 heterocycles. The van der Waals surface area contributed by atoms with Crippen LogP contribution < -0.4 is 18.9 Å². The van der Waals surface area contributed by atoms with E-state index in [1.807, 2.05) is 26.0 Å². The Bertz CT molecular complexity index is 934. The van der Waals surface area contributed by atoms with Gasteiger partial charge in [-0.15, -0.1) is 0 Å². The van der Waals surface area contributed by atoms with Crippen LogP contribution in [0.3, 0.4) is 0 Å². The smallest absolute Gasteiger partial charge is 0.339 e. The van der Waals surface area contributed by atoms with Gasteiger partial charge in [-0.05, 0) is 61.6 Å². The fourth-order valence-electron chi connectivity index (χ4n) is 3.56. The van der Waals surface area contributed by atoms with Crippen LogP contribution in [0.5, 0.6) is 23.0 Å². The number of methoxy groups -OCH3 is 3. The average Bonchev–Trinajstić information content (AvgIpc) is 2.70. The summed E-state index contributed by atoms with van der Waals surface area (Å²) in [5.74, 6) is 1.08. The molecule has 0 radical (unpaired) electrons. The van der Waals surface area contributed by atoms with Gasteiger partial charge in [-0.2, -0.15) is 0 Å². The van der Waals surface area contributed by atoms with Crippen molar-refractivity contribution < 1.29 is 28.8 Å². The number of ether oxygens (including phenoxy) is 4. The van der Waals surface area contributed by atoms with Crippen LogP contribution in [0.2, 0.25) is 0 Å². The zero-order valence-electron chi connectivity index (χ0n) is 19.2. The van der Waals surface area contributed by atoms with E-state index in [1.54, 1.807) is 27.4 Å². The van der Waals surface area contributed by atoms with Crippen molar-refractivity contribution >= 4 is 21.9 Å². The first kappa shape index (κ1) is 24.9. The summed E-state index contributed by atoms with van der Waals surface area (Å²) in [5, 5.41) is 9.66. The molecule has 0 aromatic heterocycles. The Morgan fingerprint density at radius 1 is 0.903 bits per heavy atom. The van der Waals surface area contributed by atoms with E-state index >= 15 is 0 Å². The third-order valence-corrected chi connectivity index (χ3v) is 4.67. The van der Waals surface area contributed by atoms with Crippen LogP contribution in [-0.2, 0) is 12.8 Å². The zero-order valence-corrected chi connectivity index (χ0v) is 20.8. The maximum Gasteiger partial charge on any atom is 0.339 e. The molecule has 0 atom stereocenters. The van der Waals surface area contributed by atoms with E-state index in [9.17, 15) is 9.90 Å². The van der Waals surface area contributed by atoms with Crippen LogP contribution in [0.15, 0.2) is 18.2 Å². The number of halogens is 1. The molecule has 170 valence electrons. The second-order valence-electron chi connectivity index (χ2n) is 7.66. The fourth-order valence-corrected chi connectivity index (χ4v) is 3.56. The second-order valence-corrected chi connectivity index (χ2v) is 9.49. The van der Waals surface area contributed by atoms with Gasteiger partial charge in [0, 0.05) is 10.4 Å². The summed E-state index contributed by atoms with van der Waals surface area (Å²) in [6, 6.07) is 5.40. The van der Waals surface area contributed by atoms with Gasteiger partial charge >= 0.3 is 5.97 Å². The van der Waals surface area contributed by atoms with Crippen molar-refractivity contribution in [2.75, 3.05) is 21.3 Å². The number of aryl methyl sites for hydroxylation is 1. The van der Waals surface area contributed by atoms with Crippen LogP contribution >= 0.6 is 15.9 Å². The Morgan fingerprint density at radius 2 is 1.52 bits per heavy atom. The molecule has 0 aliphatic heterocycles. The second kappa shape index (κ2) is 10.8. The summed E-state index contributed by atoms with van der Waals surface area (Å²) in [4.78, 5) is 12.4. The molecule has 6 nitrogen and oxygen atoms in total. The molecule has 0 bridgehead atoms. The first-order valence-electron chi connectivity index (χ1n) is 10.2. The van der Waals surface area contributed by atoms with Gasteiger partial charge in [-0.3, -0.25) is 0 Å². The standard InChI is InChI=1S/C21H24O6.C3H7Br/c1-11(2)27-17-8-12-6-7-13-15(14(12)9-16(17)21(22)23)10-18(24-3)20(26-5)19(13)25-4;1-3(2)4/h8-11H,6-7H2,1-5H3,(H,22,23);3H,1-2H3. The van der Waals surface area contributed by atoms with Gasteiger partial charge < -0.3 is 24.1 Å². The maximum absolute atomic E-state index is 11.8. The quantitative estimate of drug-likeness (QED) is 0.515. The summed E-state index contributed by atoms with van der Waals surface area (Å²) in [7, 11) is 4.73. The summed E-state index contributed by atoms with van der Waals surface area (Å²) >= 11 is 3.27. The molecule has 0 saturated heterocycles. The molecule has 31 heavy (non-hydrogen) atoms. The SMILES string of the molecule is CC(C)Br.COc1cc2c(c(OC)c1OC)CCc1cc(OC(C)C)c(C(=O)O)cc1-2. The Kier molecular flexibility index (Phi) is 8.62. The van der Waals surface area contributed by atoms with E-state index in [-0.39, 0.29) is 11.7 Å². The minimum atomic E-state index is -1.02. The molecule has 7 heteroatoms. The third kappa shape index (κ3) is 5.64. The number of benzene rings is 2. The Labute approximate surface area is 192 Å². The minimum absolute atomic E-state index is 0.110. The van der Waals surface area contributed by atoms with Gasteiger partial charge in [-0.1, -0.05) is 29.8 Å². The molecular weight excluding hydrogens is 464 g/mol. The number of rotatable bonds is 6. The molecular formula is C24H31BrO6. The molecule has 0 saturated carbocycles. The topological polar surface area (TPSA) is 74.2 Å². The Morgan fingerprint density at radius 3 is 2.00 bits per heavy atom. The van der Waals surface area contributed by atoms with Gasteiger partial charge in [0.25, 0.3) is 0 Å². The third-order valence-electron chi connectivity index (χ3n) is 4.67. The van der Waals surface area contributed by atoms with Gasteiger partial charge in [0.15, 0.2) is 11.5 Å². The highest BCUT2D eigenvalue weighted by Crippen LogP contribution is 2.49. The minimum Gasteiger partial charge on any atom is -0.493 e. The number of fused-ring (bicyclic) bond motifs is 3. The number of hydrogen-bond donors (Lipinski definition) is 1. The van der Waals surface area contributed by atoms with E-state index < -0.39 is 5.97 Å². The van der Waals surface area contributed by atoms with Crippen LogP contribution in [0.1, 0.15) is 49.2 Å². The Balaban J connectivity index is 0.000000785. The van der Waals surface area contributed by atoms with Crippen molar-refractivity contribution in [2.45, 2.75) is 51.5 Å². The number of carbonyl (C=O) groups is 1. The number of carboxylic acids is 1. The lowest BCUT2D eigenvalue weighted by Crippen LogP contribution is -2.13. The van der Waals surface area contributed by atoms with E-state index in [4.69, 9.17) is 18.9 Å². The largest absolute Gasteiger partial charge is 0.493 e. The summed E-state index contributed by atoms with van der Waals surface area (Å²) in [6.07, 6.45) is 1.39. The average molecular weight is 495 g/mol. The van der Waals surface area contributed by atoms with Gasteiger partial charge in [0.1, 0.15) is 11.3 Å². The molecule has 3 rings (SSSR count). The molecule has 0 spiro atoms. The highest BCUT2D eigenvalue weighted by Gasteiger charge is 2.28. The lowest BCUT2D eigenvalue weighted by atomic mass is 9.83. The van der Waals surface area contributed by atoms with E-state index in [1.165, 1.54) is 0 Å². The highest BCUT2D eigenvalue weighted by molar-refractivity contribution is 9.09. The van der Waals surface area contributed by atoms with E-state index in [2.05, 4.69) is 29.8 Å². The van der Waals surface area contributed by atoms with Gasteiger partial charge in [-0.25, -0.2) is 4.79 Å². The molecule has 1 aliphatic rings. The number of hydrogen-bond acceptors (Lipinski definition) is 5. The Hall–Kier alpha value is -2.41. The van der Waals surface area contributed by atoms with Crippen molar-refractivity contribution in [1.82, 2.24) is 0 Å². The van der Waals surface area contributed by atoms with Crippen LogP contribution in [0.4, 0.5) is 0 Å². The van der Waals surface area contributed by atoms with Crippen molar-refractivity contribution in [3.8, 4) is 34.1 Å². The van der Waals surface area contributed by atoms with Gasteiger partial charge in [0.2, 0.25) is 5.75 Å². The lowest BCUT2D eigenvalue weighted by molar-refractivity contribution is 0.0690.